The maximum atomic E-state index is 14.2. The molecule has 0 aliphatic heterocycles. The number of hydrogen-bond acceptors (Lipinski definition) is 1. The molecule has 0 amide bonds. The van der Waals surface area contributed by atoms with Crippen LogP contribution in [0.25, 0.3) is 0 Å². The van der Waals surface area contributed by atoms with Crippen molar-refractivity contribution in [2.45, 2.75) is 40.7 Å². The van der Waals surface area contributed by atoms with Crippen LogP contribution in [0.1, 0.15) is 45.0 Å². The van der Waals surface area contributed by atoms with Crippen molar-refractivity contribution in [2.75, 3.05) is 0 Å². The molecule has 1 atom stereocenters. The smallest absolute Gasteiger partial charge is 0.129 e. The minimum atomic E-state index is -0.921. The Hall–Kier alpha value is -1.67. The summed E-state index contributed by atoms with van der Waals surface area (Å²) in [5.41, 5.74) is 6.08. The van der Waals surface area contributed by atoms with Crippen LogP contribution < -0.4 is 0 Å². The van der Waals surface area contributed by atoms with Gasteiger partial charge in [0.25, 0.3) is 0 Å². The Kier molecular flexibility index (Phi) is 3.96. The number of halogens is 1. The molecule has 0 fully saturated rings. The maximum Gasteiger partial charge on any atom is 0.129 e. The molecular weight excluding hydrogens is 251 g/mol. The summed E-state index contributed by atoms with van der Waals surface area (Å²) >= 11 is 0. The fraction of sp³-hybridized carbons (Fsp3) is 0.333. The molecule has 106 valence electrons. The van der Waals surface area contributed by atoms with Crippen LogP contribution in [-0.2, 0) is 0 Å². The van der Waals surface area contributed by atoms with Crippen LogP contribution >= 0.6 is 0 Å². The van der Waals surface area contributed by atoms with Crippen molar-refractivity contribution in [1.82, 2.24) is 0 Å². The molecule has 1 nitrogen and oxygen atoms in total. The Morgan fingerprint density at radius 2 is 1.40 bits per heavy atom. The summed E-state index contributed by atoms with van der Waals surface area (Å²) in [5, 5.41) is 10.6. The van der Waals surface area contributed by atoms with Crippen LogP contribution in [0.2, 0.25) is 0 Å². The third-order valence-electron chi connectivity index (χ3n) is 3.93. The number of rotatable bonds is 2. The fourth-order valence-electron chi connectivity index (χ4n) is 2.71. The highest BCUT2D eigenvalue weighted by atomic mass is 19.1. The molecule has 20 heavy (non-hydrogen) atoms. The van der Waals surface area contributed by atoms with Gasteiger partial charge in [0.2, 0.25) is 0 Å². The van der Waals surface area contributed by atoms with Crippen molar-refractivity contribution in [3.05, 3.63) is 69.0 Å². The molecule has 2 aromatic carbocycles. The lowest BCUT2D eigenvalue weighted by Gasteiger charge is -2.19. The van der Waals surface area contributed by atoms with Crippen molar-refractivity contribution in [1.29, 1.82) is 0 Å². The van der Waals surface area contributed by atoms with E-state index in [0.717, 1.165) is 27.8 Å². The third-order valence-corrected chi connectivity index (χ3v) is 3.93. The second-order valence-electron chi connectivity index (χ2n) is 5.67. The van der Waals surface area contributed by atoms with E-state index >= 15 is 0 Å². The van der Waals surface area contributed by atoms with Gasteiger partial charge in [-0.15, -0.1) is 0 Å². The average molecular weight is 272 g/mol. The molecule has 0 heterocycles. The molecule has 0 radical (unpaired) electrons. The molecule has 1 unspecified atom stereocenters. The van der Waals surface area contributed by atoms with E-state index in [-0.39, 0.29) is 5.82 Å². The predicted octanol–water partition coefficient (Wildman–Crippen LogP) is 4.45. The predicted molar refractivity (Wildman–Crippen MR) is 80.6 cm³/mol. The topological polar surface area (TPSA) is 20.2 Å². The number of aliphatic hydroxyl groups is 1. The highest BCUT2D eigenvalue weighted by Gasteiger charge is 2.20. The second kappa shape index (κ2) is 5.37. The normalized spacial score (nSPS) is 12.6. The summed E-state index contributed by atoms with van der Waals surface area (Å²) in [6.45, 7) is 9.69. The molecule has 0 saturated heterocycles. The summed E-state index contributed by atoms with van der Waals surface area (Å²) in [7, 11) is 0. The highest BCUT2D eigenvalue weighted by Crippen LogP contribution is 2.31. The lowest BCUT2D eigenvalue weighted by atomic mass is 9.91. The SMILES string of the molecule is Cc1cc(C)c(C(O)c2cc(C)c(C)cc2C)c(F)c1. The van der Waals surface area contributed by atoms with Crippen molar-refractivity contribution in [3.8, 4) is 0 Å². The van der Waals surface area contributed by atoms with E-state index in [1.54, 1.807) is 0 Å². The molecule has 0 bridgehead atoms. The molecule has 0 aromatic heterocycles. The van der Waals surface area contributed by atoms with Crippen molar-refractivity contribution < 1.29 is 9.50 Å². The van der Waals surface area contributed by atoms with Gasteiger partial charge in [-0.2, -0.15) is 0 Å². The monoisotopic (exact) mass is 272 g/mol. The standard InChI is InChI=1S/C18H21FO/c1-10-6-14(5)17(16(19)7-10)18(20)15-9-12(3)11(2)8-13(15)4/h6-9,18,20H,1-5H3. The van der Waals surface area contributed by atoms with Gasteiger partial charge in [0.15, 0.2) is 0 Å². The largest absolute Gasteiger partial charge is 0.384 e. The number of hydrogen-bond donors (Lipinski definition) is 1. The van der Waals surface area contributed by atoms with Crippen LogP contribution in [0.4, 0.5) is 4.39 Å². The lowest BCUT2D eigenvalue weighted by Crippen LogP contribution is -2.08. The minimum absolute atomic E-state index is 0.340. The number of benzene rings is 2. The molecule has 2 rings (SSSR count). The van der Waals surface area contributed by atoms with Crippen molar-refractivity contribution in [2.24, 2.45) is 0 Å². The Bertz CT molecular complexity index is 636. The molecular formula is C18H21FO. The van der Waals surface area contributed by atoms with Gasteiger partial charge in [-0.25, -0.2) is 4.39 Å². The summed E-state index contributed by atoms with van der Waals surface area (Å²) in [4.78, 5) is 0. The first-order valence-corrected chi connectivity index (χ1v) is 6.83. The van der Waals surface area contributed by atoms with E-state index in [1.807, 2.05) is 52.8 Å². The van der Waals surface area contributed by atoms with E-state index < -0.39 is 6.10 Å². The van der Waals surface area contributed by atoms with Gasteiger partial charge in [-0.1, -0.05) is 18.2 Å². The minimum Gasteiger partial charge on any atom is -0.384 e. The fourth-order valence-corrected chi connectivity index (χ4v) is 2.71. The summed E-state index contributed by atoms with van der Waals surface area (Å²) in [5.74, 6) is -0.340. The zero-order valence-corrected chi connectivity index (χ0v) is 12.7. The van der Waals surface area contributed by atoms with Gasteiger partial charge < -0.3 is 5.11 Å². The van der Waals surface area contributed by atoms with Crippen molar-refractivity contribution >= 4 is 0 Å². The zero-order chi connectivity index (χ0) is 15.0. The maximum absolute atomic E-state index is 14.2. The van der Waals surface area contributed by atoms with Crippen LogP contribution in [0.5, 0.6) is 0 Å². The Balaban J connectivity index is 2.57. The zero-order valence-electron chi connectivity index (χ0n) is 12.7. The Morgan fingerprint density at radius 3 is 2.00 bits per heavy atom. The van der Waals surface area contributed by atoms with Crippen molar-refractivity contribution in [3.63, 3.8) is 0 Å². The number of aryl methyl sites for hydroxylation is 5. The molecule has 2 heteroatoms. The van der Waals surface area contributed by atoms with Gasteiger partial charge in [-0.3, -0.25) is 0 Å². The summed E-state index contributed by atoms with van der Waals surface area (Å²) < 4.78 is 14.2. The first kappa shape index (κ1) is 14.7. The van der Waals surface area contributed by atoms with E-state index in [4.69, 9.17) is 0 Å². The van der Waals surface area contributed by atoms with Gasteiger partial charge in [0.1, 0.15) is 11.9 Å². The van der Waals surface area contributed by atoms with Gasteiger partial charge >= 0.3 is 0 Å². The quantitative estimate of drug-likeness (QED) is 0.856. The molecule has 0 aliphatic rings. The lowest BCUT2D eigenvalue weighted by molar-refractivity contribution is 0.213. The van der Waals surface area contributed by atoms with Crippen LogP contribution in [0, 0.1) is 40.4 Å². The summed E-state index contributed by atoms with van der Waals surface area (Å²) in [6, 6.07) is 7.36. The Morgan fingerprint density at radius 1 is 0.800 bits per heavy atom. The van der Waals surface area contributed by atoms with Crippen LogP contribution in [-0.4, -0.2) is 5.11 Å². The van der Waals surface area contributed by atoms with E-state index in [1.165, 1.54) is 11.6 Å². The van der Waals surface area contributed by atoms with E-state index in [0.29, 0.717) is 5.56 Å². The Labute approximate surface area is 120 Å². The third kappa shape index (κ3) is 2.61. The van der Waals surface area contributed by atoms with Gasteiger partial charge in [0.05, 0.1) is 0 Å². The molecule has 1 N–H and O–H groups in total. The molecule has 2 aromatic rings. The van der Waals surface area contributed by atoms with Gasteiger partial charge in [-0.05, 0) is 74.1 Å². The molecule has 0 saturated carbocycles. The average Bonchev–Trinajstić information content (AvgIpc) is 2.32. The van der Waals surface area contributed by atoms with E-state index in [9.17, 15) is 9.50 Å². The second-order valence-corrected chi connectivity index (χ2v) is 5.67. The first-order chi connectivity index (χ1) is 9.31. The molecule has 0 aliphatic carbocycles. The van der Waals surface area contributed by atoms with E-state index in [2.05, 4.69) is 0 Å². The van der Waals surface area contributed by atoms with Crippen LogP contribution in [0.15, 0.2) is 24.3 Å². The first-order valence-electron chi connectivity index (χ1n) is 6.83. The summed E-state index contributed by atoms with van der Waals surface area (Å²) in [6.07, 6.45) is -0.921. The number of aliphatic hydroxyl groups excluding tert-OH is 1. The molecule has 0 spiro atoms. The van der Waals surface area contributed by atoms with Crippen LogP contribution in [0.3, 0.4) is 0 Å². The van der Waals surface area contributed by atoms with Gasteiger partial charge in [0, 0.05) is 5.56 Å². The highest BCUT2D eigenvalue weighted by molar-refractivity contribution is 5.44.